The summed E-state index contributed by atoms with van der Waals surface area (Å²) in [7, 11) is -3.36. The highest BCUT2D eigenvalue weighted by atomic mass is 32.2. The average Bonchev–Trinajstić information content (AvgIpc) is 3.19. The summed E-state index contributed by atoms with van der Waals surface area (Å²) >= 11 is 1.36. The maximum atomic E-state index is 12.8. The fourth-order valence-corrected chi connectivity index (χ4v) is 5.23. The Hall–Kier alpha value is -3.36. The molecule has 6 nitrogen and oxygen atoms in total. The number of anilines is 2. The number of sulfonamides is 1. The zero-order valence-electron chi connectivity index (χ0n) is 17.6. The lowest BCUT2D eigenvalue weighted by Crippen LogP contribution is -2.29. The first-order chi connectivity index (χ1) is 15.3. The molecule has 0 spiro atoms. The van der Waals surface area contributed by atoms with Crippen LogP contribution in [0.5, 0.6) is 11.5 Å². The molecule has 0 saturated carbocycles. The van der Waals surface area contributed by atoms with Crippen LogP contribution in [-0.4, -0.2) is 27.1 Å². The number of thiophene rings is 1. The zero-order valence-corrected chi connectivity index (χ0v) is 19.2. The molecule has 0 unspecified atom stereocenters. The van der Waals surface area contributed by atoms with E-state index in [0.717, 1.165) is 15.8 Å². The molecule has 0 fully saturated rings. The monoisotopic (exact) mass is 466 g/mol. The van der Waals surface area contributed by atoms with Gasteiger partial charge in [-0.2, -0.15) is 0 Å². The normalized spacial score (nSPS) is 11.3. The van der Waals surface area contributed by atoms with E-state index in [4.69, 9.17) is 4.74 Å². The average molecular weight is 467 g/mol. The number of carbonyl (C=O) groups is 1. The van der Waals surface area contributed by atoms with Gasteiger partial charge in [0.15, 0.2) is 0 Å². The van der Waals surface area contributed by atoms with E-state index in [1.807, 2.05) is 36.4 Å². The van der Waals surface area contributed by atoms with E-state index >= 15 is 0 Å². The molecule has 1 N–H and O–H groups in total. The van der Waals surface area contributed by atoms with Gasteiger partial charge < -0.3 is 10.1 Å². The van der Waals surface area contributed by atoms with E-state index in [1.54, 1.807) is 49.4 Å². The van der Waals surface area contributed by atoms with Crippen LogP contribution in [-0.2, 0) is 10.0 Å². The summed E-state index contributed by atoms with van der Waals surface area (Å²) in [5.74, 6) is 1.20. The largest absolute Gasteiger partial charge is 0.457 e. The Kier molecular flexibility index (Phi) is 6.16. The van der Waals surface area contributed by atoms with Crippen molar-refractivity contribution in [1.29, 1.82) is 0 Å². The van der Waals surface area contributed by atoms with Crippen molar-refractivity contribution in [3.8, 4) is 11.5 Å². The number of fused-ring (bicyclic) bond motifs is 1. The Labute approximate surface area is 191 Å². The fraction of sp³-hybridized carbons (Fsp3) is 0.125. The summed E-state index contributed by atoms with van der Waals surface area (Å²) in [5.41, 5.74) is 1.24. The molecule has 164 valence electrons. The molecular weight excluding hydrogens is 444 g/mol. The van der Waals surface area contributed by atoms with Crippen LogP contribution in [0.25, 0.3) is 10.1 Å². The van der Waals surface area contributed by atoms with Crippen LogP contribution in [0.4, 0.5) is 11.4 Å². The Morgan fingerprint density at radius 1 is 0.969 bits per heavy atom. The minimum absolute atomic E-state index is 0.222. The van der Waals surface area contributed by atoms with Crippen molar-refractivity contribution in [1.82, 2.24) is 0 Å². The highest BCUT2D eigenvalue weighted by molar-refractivity contribution is 7.92. The van der Waals surface area contributed by atoms with Gasteiger partial charge in [0.1, 0.15) is 11.5 Å². The van der Waals surface area contributed by atoms with E-state index in [-0.39, 0.29) is 5.91 Å². The van der Waals surface area contributed by atoms with Gasteiger partial charge in [-0.05, 0) is 73.0 Å². The predicted molar refractivity (Wildman–Crippen MR) is 131 cm³/mol. The molecule has 4 aromatic rings. The molecule has 0 atom stereocenters. The third-order valence-electron chi connectivity index (χ3n) is 4.79. The Balaban J connectivity index is 1.49. The van der Waals surface area contributed by atoms with Crippen molar-refractivity contribution in [2.24, 2.45) is 0 Å². The Morgan fingerprint density at radius 2 is 1.66 bits per heavy atom. The third-order valence-corrected chi connectivity index (χ3v) is 7.17. The molecule has 0 saturated heterocycles. The molecule has 0 bridgehead atoms. The van der Waals surface area contributed by atoms with E-state index < -0.39 is 10.0 Å². The number of nitrogens with zero attached hydrogens (tertiary/aromatic N) is 1. The molecular formula is C24H22N2O4S2. The molecule has 0 aliphatic rings. The van der Waals surface area contributed by atoms with E-state index in [2.05, 4.69) is 5.32 Å². The van der Waals surface area contributed by atoms with Gasteiger partial charge in [0, 0.05) is 16.9 Å². The first-order valence-electron chi connectivity index (χ1n) is 9.99. The van der Waals surface area contributed by atoms with Crippen LogP contribution in [0.3, 0.4) is 0 Å². The molecule has 4 rings (SSSR count). The fourth-order valence-electron chi connectivity index (χ4n) is 3.33. The zero-order chi connectivity index (χ0) is 22.7. The summed E-state index contributed by atoms with van der Waals surface area (Å²) in [6.07, 6.45) is 1.18. The Bertz CT molecular complexity index is 1350. The minimum atomic E-state index is -3.36. The highest BCUT2D eigenvalue weighted by Gasteiger charge is 2.17. The third kappa shape index (κ3) is 4.92. The number of hydrogen-bond acceptors (Lipinski definition) is 5. The van der Waals surface area contributed by atoms with Gasteiger partial charge in [0.25, 0.3) is 5.91 Å². The maximum absolute atomic E-state index is 12.8. The molecule has 1 heterocycles. The van der Waals surface area contributed by atoms with Gasteiger partial charge in [-0.15, -0.1) is 11.3 Å². The SMILES string of the molecule is CCN(c1ccc2sc(C(=O)Nc3ccc(Oc4ccccc4)cc3)cc2c1)S(C)(=O)=O. The number of hydrogen-bond donors (Lipinski definition) is 1. The van der Waals surface area contributed by atoms with Crippen LogP contribution >= 0.6 is 11.3 Å². The van der Waals surface area contributed by atoms with Gasteiger partial charge in [-0.1, -0.05) is 18.2 Å². The highest BCUT2D eigenvalue weighted by Crippen LogP contribution is 2.31. The Morgan fingerprint density at radius 3 is 2.31 bits per heavy atom. The quantitative estimate of drug-likeness (QED) is 0.377. The number of carbonyl (C=O) groups excluding carboxylic acids is 1. The van der Waals surface area contributed by atoms with Crippen LogP contribution in [0.1, 0.15) is 16.6 Å². The summed E-state index contributed by atoms with van der Waals surface area (Å²) in [5, 5.41) is 3.72. The first-order valence-corrected chi connectivity index (χ1v) is 12.7. The minimum Gasteiger partial charge on any atom is -0.457 e. The number of rotatable bonds is 7. The van der Waals surface area contributed by atoms with Crippen LogP contribution in [0.15, 0.2) is 78.9 Å². The topological polar surface area (TPSA) is 75.7 Å². The molecule has 32 heavy (non-hydrogen) atoms. The second-order valence-corrected chi connectivity index (χ2v) is 10.1. The molecule has 0 aliphatic carbocycles. The van der Waals surface area contributed by atoms with Crippen molar-refractivity contribution in [3.05, 3.63) is 83.7 Å². The van der Waals surface area contributed by atoms with Crippen molar-refractivity contribution < 1.29 is 17.9 Å². The standard InChI is InChI=1S/C24H22N2O4S2/c1-3-26(32(2,28)29)19-11-14-22-17(15-19)16-23(31-22)24(27)25-18-9-12-21(13-10-18)30-20-7-5-4-6-8-20/h4-16H,3H2,1-2H3,(H,25,27). The van der Waals surface area contributed by atoms with Crippen LogP contribution in [0.2, 0.25) is 0 Å². The number of amides is 1. The van der Waals surface area contributed by atoms with Crippen molar-refractivity contribution in [3.63, 3.8) is 0 Å². The van der Waals surface area contributed by atoms with Crippen molar-refractivity contribution in [2.45, 2.75) is 6.92 Å². The summed E-state index contributed by atoms with van der Waals surface area (Å²) < 4.78 is 32.0. The molecule has 0 radical (unpaired) electrons. The second-order valence-electron chi connectivity index (χ2n) is 7.15. The summed E-state index contributed by atoms with van der Waals surface area (Å²) in [6.45, 7) is 2.12. The number of benzene rings is 3. The van der Waals surface area contributed by atoms with Gasteiger partial charge >= 0.3 is 0 Å². The first kappa shape index (κ1) is 21.9. The number of para-hydroxylation sites is 1. The van der Waals surface area contributed by atoms with Gasteiger partial charge in [0.05, 0.1) is 16.8 Å². The van der Waals surface area contributed by atoms with E-state index in [0.29, 0.717) is 28.5 Å². The smallest absolute Gasteiger partial charge is 0.265 e. The molecule has 3 aromatic carbocycles. The lowest BCUT2D eigenvalue weighted by atomic mass is 10.2. The number of ether oxygens (including phenoxy) is 1. The molecule has 8 heteroatoms. The van der Waals surface area contributed by atoms with Crippen molar-refractivity contribution in [2.75, 3.05) is 22.4 Å². The second kappa shape index (κ2) is 9.02. The van der Waals surface area contributed by atoms with Gasteiger partial charge in [-0.25, -0.2) is 8.42 Å². The van der Waals surface area contributed by atoms with E-state index in [9.17, 15) is 13.2 Å². The number of nitrogens with one attached hydrogen (secondary N) is 1. The van der Waals surface area contributed by atoms with Gasteiger partial charge in [-0.3, -0.25) is 9.10 Å². The van der Waals surface area contributed by atoms with Crippen molar-refractivity contribution >= 4 is 48.7 Å². The van der Waals surface area contributed by atoms with E-state index in [1.165, 1.54) is 21.9 Å². The summed E-state index contributed by atoms with van der Waals surface area (Å²) in [4.78, 5) is 13.3. The molecule has 0 aliphatic heterocycles. The van der Waals surface area contributed by atoms with Crippen LogP contribution in [0, 0.1) is 0 Å². The lowest BCUT2D eigenvalue weighted by Gasteiger charge is -2.20. The molecule has 1 amide bonds. The maximum Gasteiger partial charge on any atom is 0.265 e. The molecule has 1 aromatic heterocycles. The summed E-state index contributed by atoms with van der Waals surface area (Å²) in [6, 6.07) is 23.8. The van der Waals surface area contributed by atoms with Crippen LogP contribution < -0.4 is 14.4 Å². The van der Waals surface area contributed by atoms with Gasteiger partial charge in [0.2, 0.25) is 10.0 Å². The predicted octanol–water partition coefficient (Wildman–Crippen LogP) is 5.73. The lowest BCUT2D eigenvalue weighted by molar-refractivity contribution is 0.103.